The van der Waals surface area contributed by atoms with Crippen molar-refractivity contribution in [1.29, 1.82) is 0 Å². The standard InChI is InChI=1S/C11H14N4O2S/c1-18(16,17)13-7-9-15-8-5-11(14-15)10-4-2-3-6-12-10/h2-6,8,13H,7,9H2,1H3. The lowest BCUT2D eigenvalue weighted by Crippen LogP contribution is -2.26. The van der Waals surface area contributed by atoms with Crippen LogP contribution in [0.25, 0.3) is 11.4 Å². The molecular formula is C11H14N4O2S. The van der Waals surface area contributed by atoms with Crippen molar-refractivity contribution in [2.24, 2.45) is 0 Å². The van der Waals surface area contributed by atoms with Gasteiger partial charge in [-0.05, 0) is 18.2 Å². The van der Waals surface area contributed by atoms with Crippen LogP contribution >= 0.6 is 0 Å². The molecule has 0 amide bonds. The number of hydrogen-bond acceptors (Lipinski definition) is 4. The molecule has 0 unspecified atom stereocenters. The lowest BCUT2D eigenvalue weighted by Gasteiger charge is -2.02. The molecule has 0 saturated heterocycles. The van der Waals surface area contributed by atoms with Crippen molar-refractivity contribution in [3.8, 4) is 11.4 Å². The van der Waals surface area contributed by atoms with Crippen LogP contribution in [0.4, 0.5) is 0 Å². The molecule has 0 bridgehead atoms. The second kappa shape index (κ2) is 5.28. The van der Waals surface area contributed by atoms with Crippen molar-refractivity contribution in [3.63, 3.8) is 0 Å². The van der Waals surface area contributed by atoms with E-state index in [4.69, 9.17) is 0 Å². The largest absolute Gasteiger partial charge is 0.271 e. The summed E-state index contributed by atoms with van der Waals surface area (Å²) in [6, 6.07) is 7.47. The summed E-state index contributed by atoms with van der Waals surface area (Å²) in [6.45, 7) is 0.808. The zero-order chi connectivity index (χ0) is 13.0. The van der Waals surface area contributed by atoms with Crippen molar-refractivity contribution in [1.82, 2.24) is 19.5 Å². The number of nitrogens with one attached hydrogen (secondary N) is 1. The van der Waals surface area contributed by atoms with Gasteiger partial charge in [0.2, 0.25) is 10.0 Å². The van der Waals surface area contributed by atoms with Crippen molar-refractivity contribution < 1.29 is 8.42 Å². The Balaban J connectivity index is 1.99. The fraction of sp³-hybridized carbons (Fsp3) is 0.273. The first-order valence-corrected chi connectivity index (χ1v) is 7.33. The summed E-state index contributed by atoms with van der Waals surface area (Å²) in [6.07, 6.45) is 4.64. The van der Waals surface area contributed by atoms with Gasteiger partial charge in [0.25, 0.3) is 0 Å². The minimum absolute atomic E-state index is 0.322. The minimum Gasteiger partial charge on any atom is -0.271 e. The van der Waals surface area contributed by atoms with Crippen LogP contribution in [0, 0.1) is 0 Å². The van der Waals surface area contributed by atoms with E-state index in [9.17, 15) is 8.42 Å². The Bertz CT molecular complexity index is 607. The average Bonchev–Trinajstić information content (AvgIpc) is 2.77. The molecule has 6 nitrogen and oxygen atoms in total. The van der Waals surface area contributed by atoms with E-state index in [-0.39, 0.29) is 0 Å². The van der Waals surface area contributed by atoms with Gasteiger partial charge in [-0.2, -0.15) is 5.10 Å². The highest BCUT2D eigenvalue weighted by molar-refractivity contribution is 7.88. The molecule has 0 aliphatic carbocycles. The molecule has 2 aromatic rings. The predicted octanol–water partition coefficient (Wildman–Crippen LogP) is 0.494. The van der Waals surface area contributed by atoms with Gasteiger partial charge in [0, 0.05) is 18.9 Å². The number of pyridine rings is 1. The fourth-order valence-corrected chi connectivity index (χ4v) is 1.94. The highest BCUT2D eigenvalue weighted by Crippen LogP contribution is 2.12. The van der Waals surface area contributed by atoms with Gasteiger partial charge in [0.05, 0.1) is 18.5 Å². The third kappa shape index (κ3) is 3.64. The zero-order valence-electron chi connectivity index (χ0n) is 9.94. The molecule has 2 aromatic heterocycles. The molecular weight excluding hydrogens is 252 g/mol. The van der Waals surface area contributed by atoms with Gasteiger partial charge in [-0.3, -0.25) is 9.67 Å². The number of aromatic nitrogens is 3. The summed E-state index contributed by atoms with van der Waals surface area (Å²) >= 11 is 0. The highest BCUT2D eigenvalue weighted by Gasteiger charge is 2.04. The molecule has 0 radical (unpaired) electrons. The quantitative estimate of drug-likeness (QED) is 0.854. The van der Waals surface area contributed by atoms with Crippen LogP contribution in [0.5, 0.6) is 0 Å². The molecule has 2 heterocycles. The molecule has 0 atom stereocenters. The van der Waals surface area contributed by atoms with E-state index < -0.39 is 10.0 Å². The van der Waals surface area contributed by atoms with E-state index in [1.807, 2.05) is 24.3 Å². The van der Waals surface area contributed by atoms with E-state index in [0.29, 0.717) is 13.1 Å². The number of rotatable bonds is 5. The molecule has 0 aliphatic heterocycles. The average molecular weight is 266 g/mol. The molecule has 7 heteroatoms. The normalized spacial score (nSPS) is 11.6. The summed E-state index contributed by atoms with van der Waals surface area (Å²) in [7, 11) is -3.14. The van der Waals surface area contributed by atoms with Crippen LogP contribution in [0.3, 0.4) is 0 Å². The molecule has 0 aliphatic rings. The van der Waals surface area contributed by atoms with Crippen molar-refractivity contribution >= 4 is 10.0 Å². The van der Waals surface area contributed by atoms with Gasteiger partial charge >= 0.3 is 0 Å². The van der Waals surface area contributed by atoms with E-state index >= 15 is 0 Å². The maximum atomic E-state index is 10.9. The summed E-state index contributed by atoms with van der Waals surface area (Å²) in [5.41, 5.74) is 1.57. The first kappa shape index (κ1) is 12.7. The van der Waals surface area contributed by atoms with E-state index in [2.05, 4.69) is 14.8 Å². The number of sulfonamides is 1. The molecule has 0 aromatic carbocycles. The van der Waals surface area contributed by atoms with Crippen LogP contribution in [0.15, 0.2) is 36.7 Å². The molecule has 0 spiro atoms. The molecule has 0 saturated carbocycles. The fourth-order valence-electron chi connectivity index (χ4n) is 1.48. The maximum Gasteiger partial charge on any atom is 0.208 e. The summed E-state index contributed by atoms with van der Waals surface area (Å²) < 4.78 is 25.9. The maximum absolute atomic E-state index is 10.9. The highest BCUT2D eigenvalue weighted by atomic mass is 32.2. The first-order valence-electron chi connectivity index (χ1n) is 5.44. The summed E-state index contributed by atoms with van der Waals surface area (Å²) in [5, 5.41) is 4.32. The Kier molecular flexibility index (Phi) is 3.73. The molecule has 96 valence electrons. The number of hydrogen-bond donors (Lipinski definition) is 1. The zero-order valence-corrected chi connectivity index (χ0v) is 10.8. The van der Waals surface area contributed by atoms with E-state index in [0.717, 1.165) is 17.6 Å². The molecule has 1 N–H and O–H groups in total. The Morgan fingerprint density at radius 1 is 1.28 bits per heavy atom. The monoisotopic (exact) mass is 266 g/mol. The van der Waals surface area contributed by atoms with Gasteiger partial charge in [0.15, 0.2) is 0 Å². The first-order chi connectivity index (χ1) is 8.54. The van der Waals surface area contributed by atoms with Crippen LogP contribution < -0.4 is 4.72 Å². The van der Waals surface area contributed by atoms with Gasteiger partial charge in [-0.25, -0.2) is 13.1 Å². The third-order valence-electron chi connectivity index (χ3n) is 2.27. The van der Waals surface area contributed by atoms with Crippen LogP contribution in [-0.4, -0.2) is 36.0 Å². The van der Waals surface area contributed by atoms with E-state index in [1.54, 1.807) is 17.1 Å². The predicted molar refractivity (Wildman–Crippen MR) is 68.3 cm³/mol. The SMILES string of the molecule is CS(=O)(=O)NCCn1ccc(-c2ccccn2)n1. The summed E-state index contributed by atoms with van der Waals surface area (Å²) in [4.78, 5) is 4.19. The van der Waals surface area contributed by atoms with Crippen molar-refractivity contribution in [2.45, 2.75) is 6.54 Å². The second-order valence-electron chi connectivity index (χ2n) is 3.85. The lowest BCUT2D eigenvalue weighted by atomic mass is 10.3. The van der Waals surface area contributed by atoms with Crippen LogP contribution in [0.2, 0.25) is 0 Å². The van der Waals surface area contributed by atoms with Crippen molar-refractivity contribution in [2.75, 3.05) is 12.8 Å². The molecule has 0 fully saturated rings. The molecule has 2 rings (SSSR count). The van der Waals surface area contributed by atoms with Crippen molar-refractivity contribution in [3.05, 3.63) is 36.7 Å². The molecule has 18 heavy (non-hydrogen) atoms. The third-order valence-corrected chi connectivity index (χ3v) is 3.00. The topological polar surface area (TPSA) is 76.9 Å². The lowest BCUT2D eigenvalue weighted by molar-refractivity contribution is 0.566. The Hall–Kier alpha value is -1.73. The smallest absolute Gasteiger partial charge is 0.208 e. The Morgan fingerprint density at radius 3 is 2.78 bits per heavy atom. The van der Waals surface area contributed by atoms with Crippen LogP contribution in [-0.2, 0) is 16.6 Å². The van der Waals surface area contributed by atoms with E-state index in [1.165, 1.54) is 0 Å². The van der Waals surface area contributed by atoms with Crippen LogP contribution in [0.1, 0.15) is 0 Å². The van der Waals surface area contributed by atoms with Gasteiger partial charge < -0.3 is 0 Å². The minimum atomic E-state index is -3.14. The summed E-state index contributed by atoms with van der Waals surface area (Å²) in [5.74, 6) is 0. The number of nitrogens with zero attached hydrogens (tertiary/aromatic N) is 3. The Morgan fingerprint density at radius 2 is 2.11 bits per heavy atom. The van der Waals surface area contributed by atoms with Gasteiger partial charge in [-0.1, -0.05) is 6.07 Å². The van der Waals surface area contributed by atoms with Gasteiger partial charge in [0.1, 0.15) is 5.69 Å². The Labute approximate surface area is 106 Å². The second-order valence-corrected chi connectivity index (χ2v) is 5.68. The van der Waals surface area contributed by atoms with Gasteiger partial charge in [-0.15, -0.1) is 0 Å².